The van der Waals surface area contributed by atoms with E-state index in [4.69, 9.17) is 18.9 Å². The van der Waals surface area contributed by atoms with Crippen LogP contribution >= 0.6 is 0 Å². The molecule has 7 heteroatoms. The Balaban J connectivity index is 1.91. The summed E-state index contributed by atoms with van der Waals surface area (Å²) in [5.41, 5.74) is 0.796. The van der Waals surface area contributed by atoms with Crippen LogP contribution < -0.4 is 0 Å². The van der Waals surface area contributed by atoms with E-state index in [1.807, 2.05) is 31.2 Å². The minimum atomic E-state index is -0.542. The monoisotopic (exact) mass is 466 g/mol. The molecule has 188 valence electrons. The van der Waals surface area contributed by atoms with Crippen molar-refractivity contribution < 1.29 is 34.0 Å². The number of aliphatic hydroxyl groups excluding tert-OH is 2. The molecule has 0 spiro atoms. The van der Waals surface area contributed by atoms with Crippen LogP contribution in [0.2, 0.25) is 0 Å². The lowest BCUT2D eigenvalue weighted by Crippen LogP contribution is -2.36. The number of methoxy groups -OCH3 is 2. The molecule has 2 aliphatic heterocycles. The molecular weight excluding hydrogens is 424 g/mol. The zero-order valence-electron chi connectivity index (χ0n) is 21.1. The first-order valence-corrected chi connectivity index (χ1v) is 11.8. The second kappa shape index (κ2) is 12.3. The van der Waals surface area contributed by atoms with Crippen LogP contribution in [0.25, 0.3) is 0 Å². The molecule has 1 saturated heterocycles. The Kier molecular flexibility index (Phi) is 10.3. The largest absolute Gasteiger partial charge is 0.469 e. The van der Waals surface area contributed by atoms with E-state index in [1.165, 1.54) is 7.11 Å². The van der Waals surface area contributed by atoms with Crippen LogP contribution in [-0.2, 0) is 23.7 Å². The SMILES string of the molecule is COC(=O)C[C@@H]1O[C@H](/C(C)=C/C=C/[C@@H](C)C[C@@]2(C)O[C@@H]2[C@H](C)[C@@H](OC)[C@@H](C)O)C=C[C@H]1CO. The third-order valence-electron chi connectivity index (χ3n) is 6.80. The molecule has 9 atom stereocenters. The van der Waals surface area contributed by atoms with Gasteiger partial charge < -0.3 is 29.2 Å². The van der Waals surface area contributed by atoms with Crippen LogP contribution in [0, 0.1) is 17.8 Å². The molecule has 0 saturated carbocycles. The summed E-state index contributed by atoms with van der Waals surface area (Å²) in [5.74, 6) is -0.159. The summed E-state index contributed by atoms with van der Waals surface area (Å²) in [6.45, 7) is 10.0. The zero-order chi connectivity index (χ0) is 24.8. The van der Waals surface area contributed by atoms with Crippen molar-refractivity contribution in [1.29, 1.82) is 0 Å². The van der Waals surface area contributed by atoms with Gasteiger partial charge in [0.1, 0.15) is 0 Å². The fraction of sp³-hybridized carbons (Fsp3) is 0.731. The fourth-order valence-electron chi connectivity index (χ4n) is 4.89. The molecule has 0 aromatic heterocycles. The molecule has 0 bridgehead atoms. The van der Waals surface area contributed by atoms with Crippen LogP contribution in [-0.4, -0.2) is 73.1 Å². The maximum Gasteiger partial charge on any atom is 0.308 e. The molecule has 2 aliphatic rings. The van der Waals surface area contributed by atoms with Gasteiger partial charge in [0.25, 0.3) is 0 Å². The number of ether oxygens (including phenoxy) is 4. The predicted octanol–water partition coefficient (Wildman–Crippen LogP) is 3.20. The Morgan fingerprint density at radius 2 is 1.94 bits per heavy atom. The topological polar surface area (TPSA) is 97.8 Å². The van der Waals surface area contributed by atoms with Gasteiger partial charge in [0.2, 0.25) is 0 Å². The second-order valence-electron chi connectivity index (χ2n) is 9.73. The minimum absolute atomic E-state index is 0.0668. The molecule has 7 nitrogen and oxygen atoms in total. The normalized spacial score (nSPS) is 33.5. The number of hydrogen-bond donors (Lipinski definition) is 2. The van der Waals surface area contributed by atoms with Crippen molar-refractivity contribution >= 4 is 5.97 Å². The summed E-state index contributed by atoms with van der Waals surface area (Å²) in [5, 5.41) is 19.5. The lowest BCUT2D eigenvalue weighted by molar-refractivity contribution is -0.145. The third-order valence-corrected chi connectivity index (χ3v) is 6.80. The maximum atomic E-state index is 11.7. The molecule has 0 amide bonds. The molecule has 1 fully saturated rings. The van der Waals surface area contributed by atoms with Crippen LogP contribution in [0.15, 0.2) is 36.0 Å². The second-order valence-corrected chi connectivity index (χ2v) is 9.73. The van der Waals surface area contributed by atoms with E-state index in [0.717, 1.165) is 12.0 Å². The number of carbonyl (C=O) groups is 1. The van der Waals surface area contributed by atoms with Gasteiger partial charge in [0.15, 0.2) is 0 Å². The lowest BCUT2D eigenvalue weighted by Gasteiger charge is -2.31. The van der Waals surface area contributed by atoms with E-state index in [1.54, 1.807) is 14.0 Å². The molecule has 0 radical (unpaired) electrons. The van der Waals surface area contributed by atoms with Gasteiger partial charge >= 0.3 is 5.97 Å². The van der Waals surface area contributed by atoms with Crippen molar-refractivity contribution in [1.82, 2.24) is 0 Å². The van der Waals surface area contributed by atoms with Crippen molar-refractivity contribution in [3.05, 3.63) is 36.0 Å². The van der Waals surface area contributed by atoms with E-state index in [2.05, 4.69) is 26.8 Å². The van der Waals surface area contributed by atoms with E-state index in [0.29, 0.717) is 5.92 Å². The van der Waals surface area contributed by atoms with Gasteiger partial charge in [0, 0.05) is 18.9 Å². The summed E-state index contributed by atoms with van der Waals surface area (Å²) in [7, 11) is 2.98. The first-order valence-electron chi connectivity index (χ1n) is 11.8. The van der Waals surface area contributed by atoms with Crippen LogP contribution in [0.5, 0.6) is 0 Å². The van der Waals surface area contributed by atoms with E-state index < -0.39 is 12.2 Å². The Morgan fingerprint density at radius 3 is 2.52 bits per heavy atom. The Hall–Kier alpha value is -1.51. The third kappa shape index (κ3) is 7.49. The first-order chi connectivity index (χ1) is 15.6. The molecule has 2 N–H and O–H groups in total. The number of aliphatic hydroxyl groups is 2. The standard InChI is InChI=1S/C26H42O7/c1-16(14-26(5)25(33-26)18(3)24(31-7)19(4)28)9-8-10-17(2)21-12-11-20(15-27)22(32-21)13-23(29)30-6/h8-12,16,18-22,24-25,27-28H,13-15H2,1-7H3/b9-8+,17-10+/t16-,18-,19-,20+,21+,22+,24-,25-,26-/m1/s1. The number of rotatable bonds is 12. The average Bonchev–Trinajstić information content (AvgIpc) is 3.43. The van der Waals surface area contributed by atoms with Crippen molar-refractivity contribution in [2.24, 2.45) is 17.8 Å². The highest BCUT2D eigenvalue weighted by Gasteiger charge is 2.56. The fourth-order valence-corrected chi connectivity index (χ4v) is 4.89. The first kappa shape index (κ1) is 27.7. The predicted molar refractivity (Wildman–Crippen MR) is 127 cm³/mol. The van der Waals surface area contributed by atoms with Gasteiger partial charge in [0.05, 0.1) is 56.3 Å². The molecule has 0 aromatic rings. The Morgan fingerprint density at radius 1 is 1.24 bits per heavy atom. The average molecular weight is 467 g/mol. The van der Waals surface area contributed by atoms with Gasteiger partial charge in [-0.15, -0.1) is 0 Å². The number of esters is 1. The molecule has 0 unspecified atom stereocenters. The van der Waals surface area contributed by atoms with Gasteiger partial charge in [-0.05, 0) is 38.7 Å². The van der Waals surface area contributed by atoms with E-state index in [-0.39, 0.29) is 54.7 Å². The Labute approximate surface area is 198 Å². The highest BCUT2D eigenvalue weighted by atomic mass is 16.6. The van der Waals surface area contributed by atoms with Crippen LogP contribution in [0.4, 0.5) is 0 Å². The number of carbonyl (C=O) groups excluding carboxylic acids is 1. The van der Waals surface area contributed by atoms with Crippen molar-refractivity contribution in [2.75, 3.05) is 20.8 Å². The molecular formula is C26H42O7. The van der Waals surface area contributed by atoms with Crippen molar-refractivity contribution in [3.8, 4) is 0 Å². The summed E-state index contributed by atoms with van der Waals surface area (Å²) in [6.07, 6.45) is 9.65. The van der Waals surface area contributed by atoms with Crippen LogP contribution in [0.1, 0.15) is 47.5 Å². The summed E-state index contributed by atoms with van der Waals surface area (Å²) in [6, 6.07) is 0. The molecule has 0 aliphatic carbocycles. The zero-order valence-corrected chi connectivity index (χ0v) is 21.1. The quantitative estimate of drug-likeness (QED) is 0.197. The van der Waals surface area contributed by atoms with Crippen LogP contribution in [0.3, 0.4) is 0 Å². The summed E-state index contributed by atoms with van der Waals surface area (Å²) >= 11 is 0. The van der Waals surface area contributed by atoms with Gasteiger partial charge in [-0.1, -0.05) is 44.2 Å². The molecule has 2 heterocycles. The molecule has 2 rings (SSSR count). The number of epoxide rings is 1. The van der Waals surface area contributed by atoms with E-state index in [9.17, 15) is 15.0 Å². The lowest BCUT2D eigenvalue weighted by atomic mass is 9.86. The van der Waals surface area contributed by atoms with Gasteiger partial charge in [-0.2, -0.15) is 0 Å². The molecule has 0 aromatic carbocycles. The van der Waals surface area contributed by atoms with Crippen molar-refractivity contribution in [3.63, 3.8) is 0 Å². The summed E-state index contributed by atoms with van der Waals surface area (Å²) in [4.78, 5) is 11.7. The highest BCUT2D eigenvalue weighted by molar-refractivity contribution is 5.69. The van der Waals surface area contributed by atoms with Gasteiger partial charge in [-0.3, -0.25) is 4.79 Å². The maximum absolute atomic E-state index is 11.7. The minimum Gasteiger partial charge on any atom is -0.469 e. The highest BCUT2D eigenvalue weighted by Crippen LogP contribution is 2.47. The molecule has 33 heavy (non-hydrogen) atoms. The number of hydrogen-bond acceptors (Lipinski definition) is 7. The van der Waals surface area contributed by atoms with Gasteiger partial charge in [-0.25, -0.2) is 0 Å². The van der Waals surface area contributed by atoms with Crippen molar-refractivity contribution in [2.45, 2.75) is 83.6 Å². The number of allylic oxidation sites excluding steroid dienone is 3. The summed E-state index contributed by atoms with van der Waals surface area (Å²) < 4.78 is 22.3. The Bertz CT molecular complexity index is 728. The smallest absolute Gasteiger partial charge is 0.308 e. The van der Waals surface area contributed by atoms with E-state index >= 15 is 0 Å².